The van der Waals surface area contributed by atoms with Crippen molar-refractivity contribution in [2.75, 3.05) is 26.9 Å². The minimum Gasteiger partial charge on any atom is -0.479 e. The van der Waals surface area contributed by atoms with Gasteiger partial charge >= 0.3 is 5.97 Å². The second kappa shape index (κ2) is 7.38. The first-order valence-electron chi connectivity index (χ1n) is 7.20. The molecule has 8 nitrogen and oxygen atoms in total. The number of nitrogens with zero attached hydrogens (tertiary/aromatic N) is 1. The fourth-order valence-corrected chi connectivity index (χ4v) is 2.15. The van der Waals surface area contributed by atoms with Crippen LogP contribution in [0, 0.1) is 0 Å². The van der Waals surface area contributed by atoms with Crippen molar-refractivity contribution in [3.63, 3.8) is 0 Å². The first-order chi connectivity index (χ1) is 10.9. The Balaban J connectivity index is 2.07. The van der Waals surface area contributed by atoms with E-state index >= 15 is 0 Å². The van der Waals surface area contributed by atoms with Crippen LogP contribution in [0.4, 0.5) is 0 Å². The molecule has 2 heterocycles. The number of hydrogen-bond acceptors (Lipinski definition) is 6. The van der Waals surface area contributed by atoms with E-state index in [1.807, 2.05) is 0 Å². The van der Waals surface area contributed by atoms with Gasteiger partial charge in [-0.25, -0.2) is 9.78 Å². The number of nitrogens with one attached hydrogen (secondary N) is 1. The Morgan fingerprint density at radius 3 is 2.96 bits per heavy atom. The Hall–Kier alpha value is -2.19. The van der Waals surface area contributed by atoms with E-state index in [9.17, 15) is 14.7 Å². The SMILES string of the molecule is COCC(C)(NC(=O)c1ccnc(OC2CCOC2)c1)C(=O)O. The number of rotatable bonds is 7. The second-order valence-electron chi connectivity index (χ2n) is 5.51. The van der Waals surface area contributed by atoms with Crippen molar-refractivity contribution in [2.24, 2.45) is 0 Å². The van der Waals surface area contributed by atoms with Crippen LogP contribution in [-0.4, -0.2) is 60.5 Å². The largest absolute Gasteiger partial charge is 0.479 e. The summed E-state index contributed by atoms with van der Waals surface area (Å²) < 4.78 is 15.7. The summed E-state index contributed by atoms with van der Waals surface area (Å²) in [4.78, 5) is 27.7. The maximum atomic E-state index is 12.3. The van der Waals surface area contributed by atoms with Crippen LogP contribution in [0.15, 0.2) is 18.3 Å². The lowest BCUT2D eigenvalue weighted by Crippen LogP contribution is -2.55. The first-order valence-corrected chi connectivity index (χ1v) is 7.20. The quantitative estimate of drug-likeness (QED) is 0.750. The second-order valence-corrected chi connectivity index (χ2v) is 5.51. The highest BCUT2D eigenvalue weighted by molar-refractivity contribution is 5.97. The van der Waals surface area contributed by atoms with Gasteiger partial charge in [0.1, 0.15) is 6.10 Å². The summed E-state index contributed by atoms with van der Waals surface area (Å²) in [6.07, 6.45) is 2.12. The molecular formula is C15H20N2O6. The lowest BCUT2D eigenvalue weighted by Gasteiger charge is -2.25. The summed E-state index contributed by atoms with van der Waals surface area (Å²) in [6.45, 7) is 2.36. The van der Waals surface area contributed by atoms with Crippen molar-refractivity contribution in [3.8, 4) is 5.88 Å². The fraction of sp³-hybridized carbons (Fsp3) is 0.533. The van der Waals surface area contributed by atoms with Crippen molar-refractivity contribution < 1.29 is 28.9 Å². The van der Waals surface area contributed by atoms with Gasteiger partial charge in [-0.1, -0.05) is 0 Å². The van der Waals surface area contributed by atoms with Gasteiger partial charge in [-0.05, 0) is 13.0 Å². The molecule has 2 unspecified atom stereocenters. The van der Waals surface area contributed by atoms with Gasteiger partial charge in [-0.3, -0.25) is 4.79 Å². The van der Waals surface area contributed by atoms with Gasteiger partial charge in [-0.15, -0.1) is 0 Å². The Bertz CT molecular complexity index is 573. The minimum atomic E-state index is -1.52. The maximum absolute atomic E-state index is 12.3. The molecule has 0 aromatic carbocycles. The van der Waals surface area contributed by atoms with E-state index in [2.05, 4.69) is 10.3 Å². The number of pyridine rings is 1. The van der Waals surface area contributed by atoms with E-state index in [4.69, 9.17) is 14.2 Å². The zero-order valence-corrected chi connectivity index (χ0v) is 13.1. The van der Waals surface area contributed by atoms with Crippen LogP contribution in [0.2, 0.25) is 0 Å². The minimum absolute atomic E-state index is 0.0846. The third-order valence-corrected chi connectivity index (χ3v) is 3.47. The standard InChI is InChI=1S/C15H20N2O6/c1-15(9-21-2,14(19)20)17-13(18)10-3-5-16-12(7-10)23-11-4-6-22-8-11/h3,5,7,11H,4,6,8-9H2,1-2H3,(H,17,18)(H,19,20). The predicted molar refractivity (Wildman–Crippen MR) is 79.5 cm³/mol. The molecule has 1 fully saturated rings. The summed E-state index contributed by atoms with van der Waals surface area (Å²) in [5.41, 5.74) is -1.26. The molecule has 23 heavy (non-hydrogen) atoms. The zero-order chi connectivity index (χ0) is 16.9. The molecule has 0 radical (unpaired) electrons. The van der Waals surface area contributed by atoms with Crippen LogP contribution in [0.3, 0.4) is 0 Å². The molecule has 1 aromatic heterocycles. The topological polar surface area (TPSA) is 107 Å². The van der Waals surface area contributed by atoms with Crippen molar-refractivity contribution in [2.45, 2.75) is 25.0 Å². The average molecular weight is 324 g/mol. The van der Waals surface area contributed by atoms with Crippen molar-refractivity contribution in [3.05, 3.63) is 23.9 Å². The van der Waals surface area contributed by atoms with E-state index in [1.54, 1.807) is 0 Å². The molecule has 0 bridgehead atoms. The van der Waals surface area contributed by atoms with Crippen molar-refractivity contribution >= 4 is 11.9 Å². The monoisotopic (exact) mass is 324 g/mol. The molecule has 126 valence electrons. The van der Waals surface area contributed by atoms with Gasteiger partial charge in [0, 0.05) is 31.4 Å². The summed E-state index contributed by atoms with van der Waals surface area (Å²) in [5.74, 6) is -1.42. The highest BCUT2D eigenvalue weighted by Gasteiger charge is 2.35. The van der Waals surface area contributed by atoms with Crippen LogP contribution < -0.4 is 10.1 Å². The van der Waals surface area contributed by atoms with Gasteiger partial charge in [-0.2, -0.15) is 0 Å². The van der Waals surface area contributed by atoms with Crippen LogP contribution in [0.25, 0.3) is 0 Å². The van der Waals surface area contributed by atoms with E-state index in [-0.39, 0.29) is 18.3 Å². The fourth-order valence-electron chi connectivity index (χ4n) is 2.15. The normalized spacial score (nSPS) is 19.8. The van der Waals surface area contributed by atoms with Crippen LogP contribution in [-0.2, 0) is 14.3 Å². The number of ether oxygens (including phenoxy) is 3. The van der Waals surface area contributed by atoms with E-state index in [1.165, 1.54) is 32.4 Å². The van der Waals surface area contributed by atoms with Crippen molar-refractivity contribution in [1.29, 1.82) is 0 Å². The highest BCUT2D eigenvalue weighted by Crippen LogP contribution is 2.16. The molecule has 0 spiro atoms. The number of amides is 1. The van der Waals surface area contributed by atoms with Crippen molar-refractivity contribution in [1.82, 2.24) is 10.3 Å². The van der Waals surface area contributed by atoms with Crippen LogP contribution >= 0.6 is 0 Å². The van der Waals surface area contributed by atoms with E-state index < -0.39 is 17.4 Å². The number of carboxylic acids is 1. The van der Waals surface area contributed by atoms with E-state index in [0.717, 1.165) is 6.42 Å². The Morgan fingerprint density at radius 1 is 1.57 bits per heavy atom. The molecule has 1 saturated heterocycles. The number of carbonyl (C=O) groups is 2. The summed E-state index contributed by atoms with van der Waals surface area (Å²) in [7, 11) is 1.37. The zero-order valence-electron chi connectivity index (χ0n) is 13.1. The molecule has 1 aromatic rings. The number of methoxy groups -OCH3 is 1. The molecule has 2 N–H and O–H groups in total. The predicted octanol–water partition coefficient (Wildman–Crippen LogP) is 0.469. The smallest absolute Gasteiger partial charge is 0.331 e. The third kappa shape index (κ3) is 4.40. The number of aliphatic carboxylic acids is 1. The lowest BCUT2D eigenvalue weighted by molar-refractivity contribution is -0.145. The number of hydrogen-bond donors (Lipinski definition) is 2. The molecule has 8 heteroatoms. The van der Waals surface area contributed by atoms with Gasteiger partial charge in [0.2, 0.25) is 5.88 Å². The van der Waals surface area contributed by atoms with Gasteiger partial charge in [0.15, 0.2) is 5.54 Å². The molecule has 0 saturated carbocycles. The number of aromatic nitrogens is 1. The van der Waals surface area contributed by atoms with Crippen LogP contribution in [0.5, 0.6) is 5.88 Å². The third-order valence-electron chi connectivity index (χ3n) is 3.47. The summed E-state index contributed by atoms with van der Waals surface area (Å²) in [6, 6.07) is 2.96. The Kier molecular flexibility index (Phi) is 5.51. The summed E-state index contributed by atoms with van der Waals surface area (Å²) >= 11 is 0. The average Bonchev–Trinajstić information content (AvgIpc) is 3.00. The number of carboxylic acid groups (broad SMARTS) is 1. The Labute approximate surface area is 133 Å². The number of carbonyl (C=O) groups excluding carboxylic acids is 1. The van der Waals surface area contributed by atoms with Gasteiger partial charge in [0.25, 0.3) is 5.91 Å². The molecule has 2 atom stereocenters. The lowest BCUT2D eigenvalue weighted by atomic mass is 10.0. The first kappa shape index (κ1) is 17.2. The molecule has 2 rings (SSSR count). The van der Waals surface area contributed by atoms with Gasteiger partial charge in [0.05, 0.1) is 19.8 Å². The summed E-state index contributed by atoms with van der Waals surface area (Å²) in [5, 5.41) is 11.7. The molecule has 1 amide bonds. The molecule has 0 aliphatic carbocycles. The molecule has 1 aliphatic rings. The van der Waals surface area contributed by atoms with E-state index in [0.29, 0.717) is 19.1 Å². The highest BCUT2D eigenvalue weighted by atomic mass is 16.5. The molecular weight excluding hydrogens is 304 g/mol. The maximum Gasteiger partial charge on any atom is 0.331 e. The van der Waals surface area contributed by atoms with Crippen LogP contribution in [0.1, 0.15) is 23.7 Å². The Morgan fingerprint density at radius 2 is 2.35 bits per heavy atom. The van der Waals surface area contributed by atoms with Gasteiger partial charge < -0.3 is 24.6 Å². The molecule has 1 aliphatic heterocycles.